The number of hydrogen-bond donors (Lipinski definition) is 3. The standard InChI is InChI=1S/C13H13N5O2S2/c1-6-7(2)22-12(8(6)4-14)17-11(20)5-21-13-16-9(15)3-10(19)18-13/h3H,5H2,1-2H3,(H,17,20)(H3,15,16,18,19). The second kappa shape index (κ2) is 6.64. The summed E-state index contributed by atoms with van der Waals surface area (Å²) in [6, 6.07) is 3.26. The molecule has 0 aliphatic carbocycles. The van der Waals surface area contributed by atoms with Crippen molar-refractivity contribution in [2.24, 2.45) is 0 Å². The molecule has 0 spiro atoms. The van der Waals surface area contributed by atoms with Crippen LogP contribution < -0.4 is 16.6 Å². The van der Waals surface area contributed by atoms with Crippen LogP contribution in [0.5, 0.6) is 0 Å². The average molecular weight is 335 g/mol. The van der Waals surface area contributed by atoms with Crippen molar-refractivity contribution in [3.63, 3.8) is 0 Å². The van der Waals surface area contributed by atoms with Gasteiger partial charge in [-0.2, -0.15) is 5.26 Å². The monoisotopic (exact) mass is 335 g/mol. The fraction of sp³-hybridized carbons (Fsp3) is 0.231. The number of anilines is 2. The molecule has 0 radical (unpaired) electrons. The van der Waals surface area contributed by atoms with E-state index in [-0.39, 0.29) is 28.2 Å². The molecular weight excluding hydrogens is 322 g/mol. The van der Waals surface area contributed by atoms with Gasteiger partial charge in [-0.05, 0) is 19.4 Å². The van der Waals surface area contributed by atoms with Crippen LogP contribution in [0.4, 0.5) is 10.8 Å². The number of rotatable bonds is 4. The maximum absolute atomic E-state index is 12.0. The average Bonchev–Trinajstić information content (AvgIpc) is 2.70. The molecule has 1 amide bonds. The minimum absolute atomic E-state index is 0.0489. The third-order valence-electron chi connectivity index (χ3n) is 2.83. The second-order valence-corrected chi connectivity index (χ2v) is 6.60. The lowest BCUT2D eigenvalue weighted by Gasteiger charge is -2.03. The molecule has 0 atom stereocenters. The molecular formula is C13H13N5O2S2. The van der Waals surface area contributed by atoms with E-state index >= 15 is 0 Å². The zero-order chi connectivity index (χ0) is 16.3. The Kier molecular flexibility index (Phi) is 4.85. The lowest BCUT2D eigenvalue weighted by Crippen LogP contribution is -2.15. The summed E-state index contributed by atoms with van der Waals surface area (Å²) < 4.78 is 0. The van der Waals surface area contributed by atoms with Crippen LogP contribution in [0.1, 0.15) is 16.0 Å². The predicted molar refractivity (Wildman–Crippen MR) is 87.1 cm³/mol. The molecule has 9 heteroatoms. The molecule has 114 valence electrons. The number of thioether (sulfide) groups is 1. The molecule has 2 aromatic rings. The number of nitrogens with two attached hydrogens (primary N) is 1. The van der Waals surface area contributed by atoms with Crippen LogP contribution in [-0.2, 0) is 4.79 Å². The molecule has 0 unspecified atom stereocenters. The zero-order valence-electron chi connectivity index (χ0n) is 11.9. The van der Waals surface area contributed by atoms with Crippen LogP contribution in [0.15, 0.2) is 16.0 Å². The number of aryl methyl sites for hydroxylation is 1. The van der Waals surface area contributed by atoms with Crippen LogP contribution in [0.3, 0.4) is 0 Å². The minimum Gasteiger partial charge on any atom is -0.383 e. The van der Waals surface area contributed by atoms with Gasteiger partial charge < -0.3 is 16.0 Å². The SMILES string of the molecule is Cc1sc(NC(=O)CSc2nc(N)cc(=O)[nH]2)c(C#N)c1C. The summed E-state index contributed by atoms with van der Waals surface area (Å²) in [5.74, 6) is -0.136. The largest absolute Gasteiger partial charge is 0.383 e. The summed E-state index contributed by atoms with van der Waals surface area (Å²) in [5, 5.41) is 12.7. The Bertz CT molecular complexity index is 819. The lowest BCUT2D eigenvalue weighted by molar-refractivity contribution is -0.113. The summed E-state index contributed by atoms with van der Waals surface area (Å²) in [7, 11) is 0. The van der Waals surface area contributed by atoms with Crippen molar-refractivity contribution in [2.45, 2.75) is 19.0 Å². The van der Waals surface area contributed by atoms with Gasteiger partial charge in [-0.25, -0.2) is 4.98 Å². The first-order valence-corrected chi connectivity index (χ1v) is 8.00. The van der Waals surface area contributed by atoms with Crippen LogP contribution >= 0.6 is 23.1 Å². The van der Waals surface area contributed by atoms with Crippen molar-refractivity contribution in [3.05, 3.63) is 32.4 Å². The number of nitrogen functional groups attached to an aromatic ring is 1. The van der Waals surface area contributed by atoms with Gasteiger partial charge in [0.25, 0.3) is 5.56 Å². The molecule has 0 saturated heterocycles. The smallest absolute Gasteiger partial charge is 0.253 e. The Hall–Kier alpha value is -2.31. The fourth-order valence-electron chi connectivity index (χ4n) is 1.67. The van der Waals surface area contributed by atoms with E-state index in [0.717, 1.165) is 22.2 Å². The van der Waals surface area contributed by atoms with E-state index in [9.17, 15) is 9.59 Å². The second-order valence-electron chi connectivity index (χ2n) is 4.41. The number of H-pyrrole nitrogens is 1. The third-order valence-corrected chi connectivity index (χ3v) is 4.83. The molecule has 0 aliphatic rings. The van der Waals surface area contributed by atoms with E-state index in [2.05, 4.69) is 21.4 Å². The van der Waals surface area contributed by atoms with Gasteiger partial charge in [-0.15, -0.1) is 11.3 Å². The molecule has 2 rings (SSSR count). The minimum atomic E-state index is -0.369. The van der Waals surface area contributed by atoms with E-state index in [1.165, 1.54) is 17.4 Å². The van der Waals surface area contributed by atoms with Gasteiger partial charge >= 0.3 is 0 Å². The molecule has 4 N–H and O–H groups in total. The number of aromatic nitrogens is 2. The predicted octanol–water partition coefficient (Wildman–Crippen LogP) is 1.63. The Morgan fingerprint density at radius 2 is 2.32 bits per heavy atom. The van der Waals surface area contributed by atoms with Crippen LogP contribution in [-0.4, -0.2) is 21.6 Å². The number of amides is 1. The van der Waals surface area contributed by atoms with Crippen molar-refractivity contribution >= 4 is 39.8 Å². The van der Waals surface area contributed by atoms with Gasteiger partial charge in [0.15, 0.2) is 5.16 Å². The van der Waals surface area contributed by atoms with Gasteiger partial charge in [-0.3, -0.25) is 9.59 Å². The van der Waals surface area contributed by atoms with Crippen LogP contribution in [0.2, 0.25) is 0 Å². The normalized spacial score (nSPS) is 10.2. The summed E-state index contributed by atoms with van der Waals surface area (Å²) in [5.41, 5.74) is 6.45. The number of carbonyl (C=O) groups excluding carboxylic acids is 1. The van der Waals surface area contributed by atoms with Gasteiger partial charge in [-0.1, -0.05) is 11.8 Å². The van der Waals surface area contributed by atoms with Crippen molar-refractivity contribution in [3.8, 4) is 6.07 Å². The van der Waals surface area contributed by atoms with Crippen LogP contribution in [0, 0.1) is 25.2 Å². The van der Waals surface area contributed by atoms with E-state index in [1.807, 2.05) is 13.8 Å². The number of thiophene rings is 1. The topological polar surface area (TPSA) is 125 Å². The van der Waals surface area contributed by atoms with Crippen molar-refractivity contribution < 1.29 is 4.79 Å². The Balaban J connectivity index is 2.03. The number of hydrogen-bond acceptors (Lipinski definition) is 7. The third kappa shape index (κ3) is 3.66. The Morgan fingerprint density at radius 1 is 1.59 bits per heavy atom. The molecule has 2 heterocycles. The quantitative estimate of drug-likeness (QED) is 0.576. The van der Waals surface area contributed by atoms with E-state index < -0.39 is 0 Å². The highest BCUT2D eigenvalue weighted by molar-refractivity contribution is 7.99. The van der Waals surface area contributed by atoms with Crippen LogP contribution in [0.25, 0.3) is 0 Å². The molecule has 7 nitrogen and oxygen atoms in total. The molecule has 0 fully saturated rings. The number of carbonyl (C=O) groups is 1. The molecule has 0 bridgehead atoms. The van der Waals surface area contributed by atoms with Gasteiger partial charge in [0.2, 0.25) is 5.91 Å². The first kappa shape index (κ1) is 16.1. The first-order chi connectivity index (χ1) is 10.4. The van der Waals surface area contributed by atoms with Gasteiger partial charge in [0.05, 0.1) is 11.3 Å². The Morgan fingerprint density at radius 3 is 2.95 bits per heavy atom. The highest BCUT2D eigenvalue weighted by atomic mass is 32.2. The van der Waals surface area contributed by atoms with E-state index in [0.29, 0.717) is 10.6 Å². The number of nitrogens with zero attached hydrogens (tertiary/aromatic N) is 2. The maximum atomic E-state index is 12.0. The van der Waals surface area contributed by atoms with Crippen molar-refractivity contribution in [2.75, 3.05) is 16.8 Å². The number of aromatic amines is 1. The summed E-state index contributed by atoms with van der Waals surface area (Å²) in [6.07, 6.45) is 0. The molecule has 22 heavy (non-hydrogen) atoms. The molecule has 0 aromatic carbocycles. The highest BCUT2D eigenvalue weighted by Gasteiger charge is 2.15. The number of nitrogens with one attached hydrogen (secondary N) is 2. The zero-order valence-corrected chi connectivity index (χ0v) is 13.5. The molecule has 0 aliphatic heterocycles. The van der Waals surface area contributed by atoms with Crippen molar-refractivity contribution in [1.82, 2.24) is 9.97 Å². The van der Waals surface area contributed by atoms with Gasteiger partial charge in [0.1, 0.15) is 16.9 Å². The highest BCUT2D eigenvalue weighted by Crippen LogP contribution is 2.31. The van der Waals surface area contributed by atoms with Gasteiger partial charge in [0, 0.05) is 10.9 Å². The van der Waals surface area contributed by atoms with E-state index in [4.69, 9.17) is 11.0 Å². The fourth-order valence-corrected chi connectivity index (χ4v) is 3.38. The first-order valence-electron chi connectivity index (χ1n) is 6.20. The summed E-state index contributed by atoms with van der Waals surface area (Å²) in [6.45, 7) is 3.74. The molecule has 2 aromatic heterocycles. The lowest BCUT2D eigenvalue weighted by atomic mass is 10.2. The Labute approximate surface area is 134 Å². The summed E-state index contributed by atoms with van der Waals surface area (Å²) in [4.78, 5) is 30.6. The summed E-state index contributed by atoms with van der Waals surface area (Å²) >= 11 is 2.43. The number of nitriles is 1. The maximum Gasteiger partial charge on any atom is 0.253 e. The van der Waals surface area contributed by atoms with E-state index in [1.54, 1.807) is 0 Å². The van der Waals surface area contributed by atoms with Crippen molar-refractivity contribution in [1.29, 1.82) is 5.26 Å². The molecule has 0 saturated carbocycles.